The van der Waals surface area contributed by atoms with Crippen molar-refractivity contribution in [1.29, 1.82) is 0 Å². The monoisotopic (exact) mass is 300 g/mol. The van der Waals surface area contributed by atoms with E-state index in [0.29, 0.717) is 5.88 Å². The predicted octanol–water partition coefficient (Wildman–Crippen LogP) is 2.66. The molecule has 0 saturated carbocycles. The van der Waals surface area contributed by atoms with Crippen molar-refractivity contribution < 1.29 is 4.79 Å². The third-order valence-electron chi connectivity index (χ3n) is 3.51. The van der Waals surface area contributed by atoms with E-state index in [0.717, 1.165) is 39.1 Å². The summed E-state index contributed by atoms with van der Waals surface area (Å²) in [5, 5.41) is 2.12. The Balaban J connectivity index is 1.86. The number of hydrogen-bond acceptors (Lipinski definition) is 3. The minimum atomic E-state index is -0.0643. The lowest BCUT2D eigenvalue weighted by Crippen LogP contribution is -2.38. The lowest BCUT2D eigenvalue weighted by atomic mass is 10.2. The van der Waals surface area contributed by atoms with Crippen molar-refractivity contribution in [2.45, 2.75) is 19.9 Å². The third kappa shape index (κ3) is 4.20. The summed E-state index contributed by atoms with van der Waals surface area (Å²) in [4.78, 5) is 17.9. The highest BCUT2D eigenvalue weighted by Crippen LogP contribution is 2.15. The van der Waals surface area contributed by atoms with E-state index in [4.69, 9.17) is 11.6 Å². The Hall–Kier alpha value is -0.580. The minimum absolute atomic E-state index is 0.0643. The maximum atomic E-state index is 12.1. The van der Waals surface area contributed by atoms with Crippen LogP contribution in [0.2, 0.25) is 0 Å². The fourth-order valence-corrected chi connectivity index (χ4v) is 3.23. The molecule has 0 radical (unpaired) electrons. The van der Waals surface area contributed by atoms with E-state index in [1.54, 1.807) is 11.3 Å². The van der Waals surface area contributed by atoms with Gasteiger partial charge in [-0.25, -0.2) is 0 Å². The minimum Gasteiger partial charge on any atom is -0.341 e. The summed E-state index contributed by atoms with van der Waals surface area (Å²) >= 11 is 7.57. The maximum Gasteiger partial charge on any atom is 0.226 e. The Morgan fingerprint density at radius 2 is 2.26 bits per heavy atom. The van der Waals surface area contributed by atoms with Gasteiger partial charge in [0.05, 0.1) is 0 Å². The number of halogens is 1. The Bertz CT molecular complexity index is 396. The summed E-state index contributed by atoms with van der Waals surface area (Å²) in [6, 6.07) is 4.27. The average Bonchev–Trinajstić information content (AvgIpc) is 2.82. The van der Waals surface area contributed by atoms with E-state index in [9.17, 15) is 4.79 Å². The van der Waals surface area contributed by atoms with Crippen molar-refractivity contribution in [3.05, 3.63) is 22.4 Å². The predicted molar refractivity (Wildman–Crippen MR) is 80.7 cm³/mol. The molecule has 1 amide bonds. The number of thiophene rings is 1. The van der Waals surface area contributed by atoms with Crippen molar-refractivity contribution in [2.75, 3.05) is 32.1 Å². The van der Waals surface area contributed by atoms with Crippen LogP contribution in [0.4, 0.5) is 0 Å². The molecule has 106 valence electrons. The van der Waals surface area contributed by atoms with Gasteiger partial charge in [-0.1, -0.05) is 13.0 Å². The van der Waals surface area contributed by atoms with Crippen LogP contribution in [0.1, 0.15) is 18.2 Å². The normalized spacial score (nSPS) is 19.2. The van der Waals surface area contributed by atoms with E-state index < -0.39 is 0 Å². The van der Waals surface area contributed by atoms with Crippen LogP contribution in [0.15, 0.2) is 17.5 Å². The van der Waals surface area contributed by atoms with Gasteiger partial charge in [0, 0.05) is 49.4 Å². The summed E-state index contributed by atoms with van der Waals surface area (Å²) in [5.74, 6) is 0.548. The Morgan fingerprint density at radius 1 is 1.42 bits per heavy atom. The molecule has 0 bridgehead atoms. The maximum absolute atomic E-state index is 12.1. The highest BCUT2D eigenvalue weighted by Gasteiger charge is 2.22. The molecule has 1 saturated heterocycles. The van der Waals surface area contributed by atoms with Gasteiger partial charge >= 0.3 is 0 Å². The molecule has 2 rings (SSSR count). The van der Waals surface area contributed by atoms with Crippen molar-refractivity contribution in [2.24, 2.45) is 5.92 Å². The number of carbonyl (C=O) groups excluding carboxylic acids is 1. The lowest BCUT2D eigenvalue weighted by molar-refractivity contribution is -0.134. The van der Waals surface area contributed by atoms with E-state index in [1.165, 1.54) is 4.88 Å². The first-order valence-corrected chi connectivity index (χ1v) is 8.21. The number of alkyl halides is 1. The molecule has 0 N–H and O–H groups in total. The van der Waals surface area contributed by atoms with Gasteiger partial charge in [-0.05, 0) is 17.9 Å². The second-order valence-corrected chi connectivity index (χ2v) is 6.43. The van der Waals surface area contributed by atoms with Gasteiger partial charge in [0.1, 0.15) is 0 Å². The number of amides is 1. The lowest BCUT2D eigenvalue weighted by Gasteiger charge is -2.23. The van der Waals surface area contributed by atoms with Gasteiger partial charge in [-0.2, -0.15) is 0 Å². The van der Waals surface area contributed by atoms with Gasteiger partial charge in [-0.15, -0.1) is 22.9 Å². The van der Waals surface area contributed by atoms with Crippen LogP contribution in [0.25, 0.3) is 0 Å². The number of rotatable bonds is 4. The molecule has 1 aliphatic heterocycles. The molecule has 1 aromatic rings. The van der Waals surface area contributed by atoms with Crippen LogP contribution in [-0.2, 0) is 11.3 Å². The molecule has 19 heavy (non-hydrogen) atoms. The molecular formula is C14H21ClN2OS. The Kier molecular flexibility index (Phi) is 5.67. The van der Waals surface area contributed by atoms with Gasteiger partial charge in [0.2, 0.25) is 5.91 Å². The number of hydrogen-bond donors (Lipinski definition) is 0. The molecule has 3 nitrogen and oxygen atoms in total. The smallest absolute Gasteiger partial charge is 0.226 e. The first-order valence-electron chi connectivity index (χ1n) is 6.80. The van der Waals surface area contributed by atoms with Gasteiger partial charge in [0.15, 0.2) is 0 Å². The molecule has 5 heteroatoms. The molecule has 1 fully saturated rings. The first-order chi connectivity index (χ1) is 9.20. The van der Waals surface area contributed by atoms with E-state index in [-0.39, 0.29) is 11.8 Å². The zero-order valence-corrected chi connectivity index (χ0v) is 12.9. The topological polar surface area (TPSA) is 23.6 Å². The van der Waals surface area contributed by atoms with Gasteiger partial charge < -0.3 is 4.90 Å². The zero-order chi connectivity index (χ0) is 13.7. The summed E-state index contributed by atoms with van der Waals surface area (Å²) in [6.07, 6.45) is 1.05. The highest BCUT2D eigenvalue weighted by atomic mass is 35.5. The van der Waals surface area contributed by atoms with Crippen LogP contribution in [0, 0.1) is 5.92 Å². The van der Waals surface area contributed by atoms with Crippen LogP contribution in [0.3, 0.4) is 0 Å². The van der Waals surface area contributed by atoms with Crippen molar-refractivity contribution in [1.82, 2.24) is 9.80 Å². The quantitative estimate of drug-likeness (QED) is 0.798. The zero-order valence-electron chi connectivity index (χ0n) is 11.3. The largest absolute Gasteiger partial charge is 0.341 e. The summed E-state index contributed by atoms with van der Waals surface area (Å²) in [7, 11) is 0. The number of carbonyl (C=O) groups is 1. The van der Waals surface area contributed by atoms with Crippen LogP contribution < -0.4 is 0 Å². The molecule has 1 unspecified atom stereocenters. The molecule has 0 aromatic carbocycles. The van der Waals surface area contributed by atoms with E-state index in [2.05, 4.69) is 22.4 Å². The third-order valence-corrected chi connectivity index (χ3v) is 4.84. The van der Waals surface area contributed by atoms with Crippen molar-refractivity contribution >= 4 is 28.8 Å². The Morgan fingerprint density at radius 3 is 2.95 bits per heavy atom. The molecule has 1 aromatic heterocycles. The van der Waals surface area contributed by atoms with E-state index >= 15 is 0 Å². The van der Waals surface area contributed by atoms with Crippen LogP contribution in [0.5, 0.6) is 0 Å². The SMILES string of the molecule is CC(CCl)C(=O)N1CCCN(Cc2cccs2)CC1. The average molecular weight is 301 g/mol. The molecular weight excluding hydrogens is 280 g/mol. The summed E-state index contributed by atoms with van der Waals surface area (Å²) in [6.45, 7) is 6.62. The van der Waals surface area contributed by atoms with Crippen LogP contribution in [-0.4, -0.2) is 47.8 Å². The standard InChI is InChI=1S/C14H21ClN2OS/c1-12(10-15)14(18)17-6-3-5-16(7-8-17)11-13-4-2-9-19-13/h2,4,9,12H,3,5-8,10-11H2,1H3. The van der Waals surface area contributed by atoms with Gasteiger partial charge in [0.25, 0.3) is 0 Å². The fourth-order valence-electron chi connectivity index (χ4n) is 2.35. The molecule has 1 aliphatic rings. The summed E-state index contributed by atoms with van der Waals surface area (Å²) in [5.41, 5.74) is 0. The van der Waals surface area contributed by atoms with Gasteiger partial charge in [-0.3, -0.25) is 9.69 Å². The van der Waals surface area contributed by atoms with Crippen molar-refractivity contribution in [3.63, 3.8) is 0 Å². The highest BCUT2D eigenvalue weighted by molar-refractivity contribution is 7.09. The van der Waals surface area contributed by atoms with Crippen molar-refractivity contribution in [3.8, 4) is 0 Å². The second kappa shape index (κ2) is 7.27. The Labute approximate surface area is 124 Å². The molecule has 0 aliphatic carbocycles. The molecule has 2 heterocycles. The second-order valence-electron chi connectivity index (χ2n) is 5.09. The molecule has 0 spiro atoms. The fraction of sp³-hybridized carbons (Fsp3) is 0.643. The molecule has 1 atom stereocenters. The first kappa shape index (κ1) is 14.8. The van der Waals surface area contributed by atoms with Crippen LogP contribution >= 0.6 is 22.9 Å². The summed E-state index contributed by atoms with van der Waals surface area (Å²) < 4.78 is 0. The van der Waals surface area contributed by atoms with E-state index in [1.807, 2.05) is 11.8 Å². The number of nitrogens with zero attached hydrogens (tertiary/aromatic N) is 2.